The fourth-order valence-electron chi connectivity index (χ4n) is 2.23. The van der Waals surface area contributed by atoms with Crippen LogP contribution in [0.1, 0.15) is 36.3 Å². The number of carbonyl (C=O) groups is 1. The zero-order valence-electron chi connectivity index (χ0n) is 14.4. The highest BCUT2D eigenvalue weighted by Gasteiger charge is 2.16. The van der Waals surface area contributed by atoms with Crippen LogP contribution in [0, 0.1) is 5.41 Å². The minimum absolute atomic E-state index is 0.0713. The summed E-state index contributed by atoms with van der Waals surface area (Å²) in [6.45, 7) is 7.33. The zero-order valence-corrected chi connectivity index (χ0v) is 15.2. The minimum atomic E-state index is -0.267. The zero-order chi connectivity index (χ0) is 17.9. The molecule has 0 fully saturated rings. The first-order valence-electron chi connectivity index (χ1n) is 7.97. The minimum Gasteiger partial charge on any atom is -0.344 e. The third kappa shape index (κ3) is 4.69. The monoisotopic (exact) mass is 356 g/mol. The Kier molecular flexibility index (Phi) is 4.89. The lowest BCUT2D eigenvalue weighted by Crippen LogP contribution is -2.23. The third-order valence-corrected chi connectivity index (χ3v) is 4.27. The van der Waals surface area contributed by atoms with Gasteiger partial charge in [-0.05, 0) is 5.41 Å². The Morgan fingerprint density at radius 3 is 2.64 bits per heavy atom. The van der Waals surface area contributed by atoms with Crippen molar-refractivity contribution < 1.29 is 4.79 Å². The van der Waals surface area contributed by atoms with Crippen molar-refractivity contribution >= 4 is 17.2 Å². The molecule has 0 unspecified atom stereocenters. The van der Waals surface area contributed by atoms with Gasteiger partial charge in [0.2, 0.25) is 0 Å². The highest BCUT2D eigenvalue weighted by molar-refractivity contribution is 7.14. The summed E-state index contributed by atoms with van der Waals surface area (Å²) < 4.78 is 1.69. The highest BCUT2D eigenvalue weighted by Crippen LogP contribution is 2.22. The summed E-state index contributed by atoms with van der Waals surface area (Å²) in [5.74, 6) is -0.267. The Balaban J connectivity index is 1.59. The van der Waals surface area contributed by atoms with E-state index in [1.54, 1.807) is 10.9 Å². The maximum absolute atomic E-state index is 12.2. The van der Waals surface area contributed by atoms with Crippen LogP contribution in [-0.4, -0.2) is 31.1 Å². The molecule has 130 valence electrons. The molecule has 0 atom stereocenters. The summed E-state index contributed by atoms with van der Waals surface area (Å²) in [4.78, 5) is 12.2. The van der Waals surface area contributed by atoms with E-state index in [-0.39, 0.29) is 11.3 Å². The second-order valence-corrected chi connectivity index (χ2v) is 7.97. The molecule has 1 amide bonds. The lowest BCUT2D eigenvalue weighted by atomic mass is 9.97. The fraction of sp³-hybridized carbons (Fsp3) is 0.353. The van der Waals surface area contributed by atoms with Crippen LogP contribution >= 0.6 is 11.3 Å². The summed E-state index contributed by atoms with van der Waals surface area (Å²) in [5, 5.41) is 20.6. The number of amides is 1. The van der Waals surface area contributed by atoms with Crippen molar-refractivity contribution in [3.63, 3.8) is 0 Å². The number of nitrogens with zero attached hydrogens (tertiary/aromatic N) is 5. The predicted octanol–water partition coefficient (Wildman–Crippen LogP) is 2.77. The summed E-state index contributed by atoms with van der Waals surface area (Å²) >= 11 is 1.46. The number of hydrogen-bond acceptors (Lipinski definition) is 6. The Labute approximate surface area is 150 Å². The molecule has 3 aromatic rings. The first kappa shape index (κ1) is 17.2. The van der Waals surface area contributed by atoms with Crippen LogP contribution < -0.4 is 5.32 Å². The smallest absolute Gasteiger partial charge is 0.273 e. The van der Waals surface area contributed by atoms with E-state index in [4.69, 9.17) is 0 Å². The number of benzene rings is 1. The molecule has 7 nitrogen and oxygen atoms in total. The SMILES string of the molecule is CC(C)(C)Cn1cc(C(=O)NCc2nnc(-c3ccccc3)s2)nn1. The van der Waals surface area contributed by atoms with Gasteiger partial charge in [0, 0.05) is 12.1 Å². The maximum atomic E-state index is 12.2. The average molecular weight is 356 g/mol. The van der Waals surface area contributed by atoms with E-state index in [0.29, 0.717) is 18.8 Å². The van der Waals surface area contributed by atoms with Crippen LogP contribution in [0.3, 0.4) is 0 Å². The van der Waals surface area contributed by atoms with Gasteiger partial charge in [0.1, 0.15) is 10.0 Å². The van der Waals surface area contributed by atoms with E-state index >= 15 is 0 Å². The fourth-order valence-corrected chi connectivity index (χ4v) is 3.02. The van der Waals surface area contributed by atoms with Gasteiger partial charge in [-0.3, -0.25) is 9.48 Å². The molecule has 0 aliphatic rings. The second-order valence-electron chi connectivity index (χ2n) is 6.91. The van der Waals surface area contributed by atoms with Gasteiger partial charge in [-0.1, -0.05) is 67.7 Å². The van der Waals surface area contributed by atoms with Crippen molar-refractivity contribution in [1.82, 2.24) is 30.5 Å². The molecule has 2 aromatic heterocycles. The lowest BCUT2D eigenvalue weighted by Gasteiger charge is -2.16. The molecular weight excluding hydrogens is 336 g/mol. The van der Waals surface area contributed by atoms with E-state index in [1.165, 1.54) is 11.3 Å². The molecular formula is C17H20N6OS. The van der Waals surface area contributed by atoms with Gasteiger partial charge in [-0.2, -0.15) is 0 Å². The maximum Gasteiger partial charge on any atom is 0.273 e. The number of aromatic nitrogens is 5. The van der Waals surface area contributed by atoms with E-state index in [1.807, 2.05) is 30.3 Å². The Hall–Kier alpha value is -2.61. The van der Waals surface area contributed by atoms with Crippen LogP contribution in [0.4, 0.5) is 0 Å². The molecule has 0 aliphatic carbocycles. The molecule has 0 spiro atoms. The van der Waals surface area contributed by atoms with Gasteiger partial charge < -0.3 is 5.32 Å². The summed E-state index contributed by atoms with van der Waals surface area (Å²) in [7, 11) is 0. The Bertz CT molecular complexity index is 849. The van der Waals surface area contributed by atoms with Gasteiger partial charge in [-0.25, -0.2) is 0 Å². The molecule has 8 heteroatoms. The topological polar surface area (TPSA) is 85.6 Å². The van der Waals surface area contributed by atoms with Gasteiger partial charge in [0.25, 0.3) is 5.91 Å². The van der Waals surface area contributed by atoms with Crippen molar-refractivity contribution in [2.75, 3.05) is 0 Å². The third-order valence-electron chi connectivity index (χ3n) is 3.30. The molecule has 0 saturated carbocycles. The lowest BCUT2D eigenvalue weighted by molar-refractivity contribution is 0.0945. The number of rotatable bonds is 5. The molecule has 1 N–H and O–H groups in total. The summed E-state index contributed by atoms with van der Waals surface area (Å²) in [6.07, 6.45) is 1.66. The molecule has 0 bridgehead atoms. The number of nitrogens with one attached hydrogen (secondary N) is 1. The first-order chi connectivity index (χ1) is 11.9. The van der Waals surface area contributed by atoms with Gasteiger partial charge >= 0.3 is 0 Å². The quantitative estimate of drug-likeness (QED) is 0.760. The highest BCUT2D eigenvalue weighted by atomic mass is 32.1. The van der Waals surface area contributed by atoms with Crippen molar-refractivity contribution in [3.8, 4) is 10.6 Å². The van der Waals surface area contributed by atoms with Crippen molar-refractivity contribution in [1.29, 1.82) is 0 Å². The molecule has 3 rings (SSSR count). The van der Waals surface area contributed by atoms with Crippen LogP contribution in [0.2, 0.25) is 0 Å². The normalized spacial score (nSPS) is 11.5. The van der Waals surface area contributed by atoms with Crippen LogP contribution in [0.25, 0.3) is 10.6 Å². The van der Waals surface area contributed by atoms with Crippen LogP contribution in [0.15, 0.2) is 36.5 Å². The molecule has 1 aromatic carbocycles. The van der Waals surface area contributed by atoms with Crippen molar-refractivity contribution in [2.45, 2.75) is 33.9 Å². The summed E-state index contributed by atoms with van der Waals surface area (Å²) in [5.41, 5.74) is 1.39. The number of carbonyl (C=O) groups excluding carboxylic acids is 1. The largest absolute Gasteiger partial charge is 0.344 e. The molecule has 0 radical (unpaired) electrons. The Morgan fingerprint density at radius 1 is 1.16 bits per heavy atom. The molecule has 0 saturated heterocycles. The van der Waals surface area contributed by atoms with E-state index in [2.05, 4.69) is 46.6 Å². The van der Waals surface area contributed by atoms with E-state index in [9.17, 15) is 4.79 Å². The number of hydrogen-bond donors (Lipinski definition) is 1. The first-order valence-corrected chi connectivity index (χ1v) is 8.78. The van der Waals surface area contributed by atoms with Crippen molar-refractivity contribution in [3.05, 3.63) is 47.2 Å². The van der Waals surface area contributed by atoms with Crippen LogP contribution in [-0.2, 0) is 13.1 Å². The Morgan fingerprint density at radius 2 is 1.92 bits per heavy atom. The van der Waals surface area contributed by atoms with Gasteiger partial charge in [0.05, 0.1) is 12.7 Å². The van der Waals surface area contributed by atoms with Crippen molar-refractivity contribution in [2.24, 2.45) is 5.41 Å². The molecule has 0 aliphatic heterocycles. The van der Waals surface area contributed by atoms with Crippen LogP contribution in [0.5, 0.6) is 0 Å². The van der Waals surface area contributed by atoms with E-state index < -0.39 is 0 Å². The van der Waals surface area contributed by atoms with Gasteiger partial charge in [-0.15, -0.1) is 15.3 Å². The van der Waals surface area contributed by atoms with E-state index in [0.717, 1.165) is 15.6 Å². The summed E-state index contributed by atoms with van der Waals surface area (Å²) in [6, 6.07) is 9.84. The predicted molar refractivity (Wildman–Crippen MR) is 96.0 cm³/mol. The molecule has 2 heterocycles. The standard InChI is InChI=1S/C17H20N6OS/c1-17(2,3)11-23-10-13(19-22-23)15(24)18-9-14-20-21-16(25-14)12-7-5-4-6-8-12/h4-8,10H,9,11H2,1-3H3,(H,18,24). The molecule has 25 heavy (non-hydrogen) atoms. The average Bonchev–Trinajstić information content (AvgIpc) is 3.21. The second kappa shape index (κ2) is 7.10. The van der Waals surface area contributed by atoms with Gasteiger partial charge in [0.15, 0.2) is 5.69 Å².